The lowest BCUT2D eigenvalue weighted by atomic mass is 10.1. The van der Waals surface area contributed by atoms with Crippen LogP contribution in [0.4, 0.5) is 4.79 Å². The van der Waals surface area contributed by atoms with Crippen molar-refractivity contribution in [2.75, 3.05) is 0 Å². The minimum atomic E-state index is -1.04. The van der Waals surface area contributed by atoms with E-state index in [0.29, 0.717) is 22.2 Å². The second-order valence-electron chi connectivity index (χ2n) is 2.14. The van der Waals surface area contributed by atoms with Gasteiger partial charge in [0.15, 0.2) is 5.78 Å². The second kappa shape index (κ2) is 3.40. The van der Waals surface area contributed by atoms with Crippen molar-refractivity contribution in [2.45, 2.75) is 0 Å². The van der Waals surface area contributed by atoms with Gasteiger partial charge in [0, 0.05) is 11.0 Å². The van der Waals surface area contributed by atoms with Crippen LogP contribution in [0.2, 0.25) is 0 Å². The zero-order chi connectivity index (χ0) is 9.14. The van der Waals surface area contributed by atoms with Gasteiger partial charge in [-0.15, -0.1) is 0 Å². The lowest BCUT2D eigenvalue weighted by Crippen LogP contribution is -1.98. The number of rotatable bonds is 1. The Balaban J connectivity index is 2.81. The van der Waals surface area contributed by atoms with Gasteiger partial charge in [-0.1, -0.05) is 12.7 Å². The van der Waals surface area contributed by atoms with Gasteiger partial charge in [-0.2, -0.15) is 0 Å². The highest BCUT2D eigenvalue weighted by Gasteiger charge is 2.11. The van der Waals surface area contributed by atoms with Crippen molar-refractivity contribution in [1.29, 1.82) is 0 Å². The molecule has 0 saturated carbocycles. The van der Waals surface area contributed by atoms with Crippen LogP contribution in [0.25, 0.3) is 0 Å². The van der Waals surface area contributed by atoms with Gasteiger partial charge in [0.25, 0.3) is 0 Å². The second-order valence-corrected chi connectivity index (χ2v) is 3.13. The molecule has 3 nitrogen and oxygen atoms in total. The summed E-state index contributed by atoms with van der Waals surface area (Å²) in [5.74, 6) is -0.203. The number of ketones is 1. The van der Waals surface area contributed by atoms with E-state index in [1.807, 2.05) is 0 Å². The van der Waals surface area contributed by atoms with Crippen molar-refractivity contribution in [3.05, 3.63) is 35.3 Å². The van der Waals surface area contributed by atoms with Gasteiger partial charge in [0.1, 0.15) is 0 Å². The van der Waals surface area contributed by atoms with Crippen molar-refractivity contribution in [1.82, 2.24) is 0 Å². The maximum atomic E-state index is 10.8. The summed E-state index contributed by atoms with van der Waals surface area (Å²) in [5.41, 5.74) is 0.557. The Morgan fingerprint density at radius 3 is 2.75 bits per heavy atom. The molecule has 4 heteroatoms. The molecule has 0 aromatic carbocycles. The fraction of sp³-hybridized carbons (Fsp3) is 0. The SMILES string of the molecule is C=C1C=CC(=O)C=C1SC(=O)O. The fourth-order valence-electron chi connectivity index (χ4n) is 0.724. The van der Waals surface area contributed by atoms with Gasteiger partial charge in [-0.25, -0.2) is 4.79 Å². The minimum Gasteiger partial charge on any atom is -0.473 e. The lowest BCUT2D eigenvalue weighted by Gasteiger charge is -2.05. The molecule has 1 N–H and O–H groups in total. The monoisotopic (exact) mass is 182 g/mol. The molecule has 62 valence electrons. The molecular formula is C8H6O3S. The summed E-state index contributed by atoms with van der Waals surface area (Å²) >= 11 is 0.593. The van der Waals surface area contributed by atoms with E-state index in [2.05, 4.69) is 6.58 Å². The quantitative estimate of drug-likeness (QED) is 0.673. The van der Waals surface area contributed by atoms with Crippen LogP contribution in [0.1, 0.15) is 0 Å². The van der Waals surface area contributed by atoms with Crippen molar-refractivity contribution in [3.63, 3.8) is 0 Å². The smallest absolute Gasteiger partial charge is 0.369 e. The van der Waals surface area contributed by atoms with E-state index in [-0.39, 0.29) is 5.78 Å². The number of carboxylic acid groups (broad SMARTS) is 1. The molecule has 0 aromatic heterocycles. The normalized spacial score (nSPS) is 16.2. The highest BCUT2D eigenvalue weighted by Crippen LogP contribution is 2.26. The maximum Gasteiger partial charge on any atom is 0.369 e. The molecule has 0 bridgehead atoms. The van der Waals surface area contributed by atoms with E-state index < -0.39 is 5.30 Å². The molecule has 0 amide bonds. The van der Waals surface area contributed by atoms with E-state index in [1.54, 1.807) is 0 Å². The van der Waals surface area contributed by atoms with Crippen LogP contribution >= 0.6 is 11.8 Å². The molecular weight excluding hydrogens is 176 g/mol. The van der Waals surface area contributed by atoms with E-state index >= 15 is 0 Å². The summed E-state index contributed by atoms with van der Waals surface area (Å²) in [6, 6.07) is 0. The molecule has 0 aliphatic heterocycles. The summed E-state index contributed by atoms with van der Waals surface area (Å²) in [7, 11) is 0. The van der Waals surface area contributed by atoms with Crippen molar-refractivity contribution < 1.29 is 14.7 Å². The molecule has 1 aliphatic rings. The summed E-state index contributed by atoms with van der Waals surface area (Å²) in [5, 5.41) is 7.38. The lowest BCUT2D eigenvalue weighted by molar-refractivity contribution is -0.110. The van der Waals surface area contributed by atoms with Crippen LogP contribution in [0.15, 0.2) is 35.3 Å². The van der Waals surface area contributed by atoms with Gasteiger partial charge >= 0.3 is 5.30 Å². The predicted molar refractivity (Wildman–Crippen MR) is 47.0 cm³/mol. The van der Waals surface area contributed by atoms with Crippen LogP contribution in [-0.4, -0.2) is 16.2 Å². The Hall–Kier alpha value is -1.29. The van der Waals surface area contributed by atoms with E-state index in [1.165, 1.54) is 18.2 Å². The van der Waals surface area contributed by atoms with Gasteiger partial charge < -0.3 is 5.11 Å². The number of thioether (sulfide) groups is 1. The molecule has 0 heterocycles. The first kappa shape index (κ1) is 8.80. The standard InChI is InChI=1S/C8H6O3S/c1-5-2-3-6(9)4-7(5)12-8(10)11/h2-4H,1H2,(H,10,11). The third-order valence-electron chi connectivity index (χ3n) is 1.24. The number of hydrogen-bond donors (Lipinski definition) is 1. The molecule has 0 spiro atoms. The van der Waals surface area contributed by atoms with Crippen molar-refractivity contribution >= 4 is 22.8 Å². The van der Waals surface area contributed by atoms with Crippen LogP contribution in [0, 0.1) is 0 Å². The van der Waals surface area contributed by atoms with Gasteiger partial charge in [0.2, 0.25) is 0 Å². The third kappa shape index (κ3) is 2.10. The Kier molecular flexibility index (Phi) is 2.50. The molecule has 1 aliphatic carbocycles. The first-order chi connectivity index (χ1) is 5.59. The van der Waals surface area contributed by atoms with E-state index in [0.717, 1.165) is 0 Å². The molecule has 0 fully saturated rings. The Bertz CT molecular complexity index is 312. The summed E-state index contributed by atoms with van der Waals surface area (Å²) in [4.78, 5) is 21.5. The average molecular weight is 182 g/mol. The zero-order valence-corrected chi connectivity index (χ0v) is 6.93. The third-order valence-corrected chi connectivity index (χ3v) is 2.01. The molecule has 0 saturated heterocycles. The number of hydrogen-bond acceptors (Lipinski definition) is 3. The van der Waals surface area contributed by atoms with E-state index in [9.17, 15) is 9.59 Å². The van der Waals surface area contributed by atoms with Crippen molar-refractivity contribution in [3.8, 4) is 0 Å². The molecule has 1 rings (SSSR count). The summed E-state index contributed by atoms with van der Waals surface area (Å²) in [6.07, 6.45) is 4.13. The highest BCUT2D eigenvalue weighted by atomic mass is 32.2. The minimum absolute atomic E-state index is 0.203. The Morgan fingerprint density at radius 2 is 2.17 bits per heavy atom. The fourth-order valence-corrected chi connectivity index (χ4v) is 1.29. The topological polar surface area (TPSA) is 54.4 Å². The number of allylic oxidation sites excluding steroid dienone is 4. The number of carbonyl (C=O) groups excluding carboxylic acids is 1. The zero-order valence-electron chi connectivity index (χ0n) is 6.11. The van der Waals surface area contributed by atoms with Gasteiger partial charge in [-0.05, 0) is 23.4 Å². The molecule has 12 heavy (non-hydrogen) atoms. The largest absolute Gasteiger partial charge is 0.473 e. The van der Waals surface area contributed by atoms with Crippen LogP contribution in [0.5, 0.6) is 0 Å². The van der Waals surface area contributed by atoms with Gasteiger partial charge in [-0.3, -0.25) is 4.79 Å². The average Bonchev–Trinajstić information content (AvgIpc) is 1.96. The maximum absolute atomic E-state index is 10.8. The molecule has 0 radical (unpaired) electrons. The highest BCUT2D eigenvalue weighted by molar-refractivity contribution is 8.16. The predicted octanol–water partition coefficient (Wildman–Crippen LogP) is 1.98. The molecule has 0 aromatic rings. The molecule has 0 atom stereocenters. The Labute approximate surface area is 73.5 Å². The number of carbonyl (C=O) groups is 2. The first-order valence-electron chi connectivity index (χ1n) is 3.13. The summed E-state index contributed by atoms with van der Waals surface area (Å²) in [6.45, 7) is 3.59. The van der Waals surface area contributed by atoms with Crippen molar-refractivity contribution in [2.24, 2.45) is 0 Å². The van der Waals surface area contributed by atoms with E-state index in [4.69, 9.17) is 5.11 Å². The molecule has 0 unspecified atom stereocenters. The van der Waals surface area contributed by atoms with Crippen LogP contribution < -0.4 is 0 Å². The van der Waals surface area contributed by atoms with Crippen LogP contribution in [-0.2, 0) is 4.79 Å². The Morgan fingerprint density at radius 1 is 1.50 bits per heavy atom. The first-order valence-corrected chi connectivity index (χ1v) is 3.95. The van der Waals surface area contributed by atoms with Crippen LogP contribution in [0.3, 0.4) is 0 Å². The van der Waals surface area contributed by atoms with Gasteiger partial charge in [0.05, 0.1) is 0 Å². The summed E-state index contributed by atoms with van der Waals surface area (Å²) < 4.78 is 0.